The Morgan fingerprint density at radius 3 is 2.17 bits per heavy atom. The first-order valence-electron chi connectivity index (χ1n) is 7.92. The average Bonchev–Trinajstić information content (AvgIpc) is 2.97. The zero-order valence-electron chi connectivity index (χ0n) is 13.6. The van der Waals surface area contributed by atoms with Crippen molar-refractivity contribution in [1.29, 1.82) is 0 Å². The predicted molar refractivity (Wildman–Crippen MR) is 99.8 cm³/mol. The van der Waals surface area contributed by atoms with Gasteiger partial charge in [0, 0.05) is 18.1 Å². The molecule has 1 nitrogen and oxygen atoms in total. The van der Waals surface area contributed by atoms with Crippen molar-refractivity contribution in [2.75, 3.05) is 0 Å². The van der Waals surface area contributed by atoms with Crippen LogP contribution in [0.4, 0.5) is 0 Å². The third kappa shape index (κ3) is 3.51. The topological polar surface area (TPSA) is 4.93 Å². The number of rotatable bonds is 4. The molecular weight excluding hydrogens is 278 g/mol. The summed E-state index contributed by atoms with van der Waals surface area (Å²) in [6.07, 6.45) is 12.6. The van der Waals surface area contributed by atoms with Gasteiger partial charge >= 0.3 is 0 Å². The molecule has 2 aromatic carbocycles. The van der Waals surface area contributed by atoms with E-state index in [1.807, 2.05) is 25.1 Å². The van der Waals surface area contributed by atoms with Crippen LogP contribution in [0.25, 0.3) is 22.9 Å². The lowest BCUT2D eigenvalue weighted by molar-refractivity contribution is 1.07. The van der Waals surface area contributed by atoms with E-state index in [4.69, 9.17) is 0 Å². The SMILES string of the molecule is C/C=C\C=C/c1cn(-c2ccc(-c3ccccc3)cc2)cc1C. The summed E-state index contributed by atoms with van der Waals surface area (Å²) in [5.41, 5.74) is 6.19. The highest BCUT2D eigenvalue weighted by molar-refractivity contribution is 5.65. The predicted octanol–water partition coefficient (Wildman–Crippen LogP) is 6.04. The van der Waals surface area contributed by atoms with Gasteiger partial charge in [0.25, 0.3) is 0 Å². The highest BCUT2D eigenvalue weighted by atomic mass is 14.9. The van der Waals surface area contributed by atoms with Crippen LogP contribution in [0.2, 0.25) is 0 Å². The van der Waals surface area contributed by atoms with E-state index in [0.717, 1.165) is 0 Å². The minimum absolute atomic E-state index is 1.18. The standard InChI is InChI=1S/C22H21N/c1-3-4-6-11-21-17-23(16-18(21)2)22-14-12-20(13-15-22)19-9-7-5-8-10-19/h3-17H,1-2H3/b4-3-,11-6-. The molecule has 3 rings (SSSR count). The number of allylic oxidation sites excluding steroid dienone is 3. The Morgan fingerprint density at radius 1 is 0.783 bits per heavy atom. The van der Waals surface area contributed by atoms with E-state index in [1.54, 1.807) is 0 Å². The van der Waals surface area contributed by atoms with Gasteiger partial charge in [0.05, 0.1) is 0 Å². The van der Waals surface area contributed by atoms with Gasteiger partial charge in [-0.2, -0.15) is 0 Å². The quantitative estimate of drug-likeness (QED) is 0.517. The van der Waals surface area contributed by atoms with Crippen LogP contribution in [0.3, 0.4) is 0 Å². The fraction of sp³-hybridized carbons (Fsp3) is 0.0909. The van der Waals surface area contributed by atoms with E-state index in [-0.39, 0.29) is 0 Å². The van der Waals surface area contributed by atoms with E-state index >= 15 is 0 Å². The van der Waals surface area contributed by atoms with E-state index in [0.29, 0.717) is 0 Å². The molecule has 0 bridgehead atoms. The van der Waals surface area contributed by atoms with Crippen molar-refractivity contribution in [3.8, 4) is 16.8 Å². The molecule has 0 unspecified atom stereocenters. The third-order valence-electron chi connectivity index (χ3n) is 3.92. The second-order valence-corrected chi connectivity index (χ2v) is 5.60. The monoisotopic (exact) mass is 299 g/mol. The normalized spacial score (nSPS) is 11.6. The van der Waals surface area contributed by atoms with Crippen LogP contribution in [0, 0.1) is 6.92 Å². The van der Waals surface area contributed by atoms with Crippen molar-refractivity contribution >= 4 is 6.08 Å². The van der Waals surface area contributed by atoms with Gasteiger partial charge in [-0.25, -0.2) is 0 Å². The smallest absolute Gasteiger partial charge is 0.0450 e. The first-order valence-corrected chi connectivity index (χ1v) is 7.92. The van der Waals surface area contributed by atoms with E-state index in [2.05, 4.69) is 84.6 Å². The van der Waals surface area contributed by atoms with Crippen molar-refractivity contribution in [1.82, 2.24) is 4.57 Å². The van der Waals surface area contributed by atoms with Crippen LogP contribution in [-0.2, 0) is 0 Å². The third-order valence-corrected chi connectivity index (χ3v) is 3.92. The second kappa shape index (κ2) is 6.97. The number of aromatic nitrogens is 1. The molecule has 114 valence electrons. The molecule has 3 aromatic rings. The lowest BCUT2D eigenvalue weighted by Gasteiger charge is -2.05. The van der Waals surface area contributed by atoms with Crippen molar-refractivity contribution < 1.29 is 0 Å². The van der Waals surface area contributed by atoms with E-state index in [9.17, 15) is 0 Å². The summed E-state index contributed by atoms with van der Waals surface area (Å²) < 4.78 is 2.18. The first kappa shape index (κ1) is 15.1. The number of benzene rings is 2. The number of hydrogen-bond acceptors (Lipinski definition) is 0. The molecule has 0 spiro atoms. The Bertz CT molecular complexity index is 818. The zero-order valence-corrected chi connectivity index (χ0v) is 13.6. The molecule has 1 heteroatoms. The molecule has 1 aromatic heterocycles. The molecule has 1 heterocycles. The van der Waals surface area contributed by atoms with Gasteiger partial charge in [-0.3, -0.25) is 0 Å². The van der Waals surface area contributed by atoms with E-state index in [1.165, 1.54) is 27.9 Å². The fourth-order valence-corrected chi connectivity index (χ4v) is 2.62. The Kier molecular flexibility index (Phi) is 4.58. The highest BCUT2D eigenvalue weighted by Gasteiger charge is 2.03. The summed E-state index contributed by atoms with van der Waals surface area (Å²) in [6.45, 7) is 4.17. The van der Waals surface area contributed by atoms with Gasteiger partial charge in [-0.15, -0.1) is 0 Å². The molecule has 0 saturated heterocycles. The second-order valence-electron chi connectivity index (χ2n) is 5.60. The summed E-state index contributed by atoms with van der Waals surface area (Å²) in [6, 6.07) is 19.2. The van der Waals surface area contributed by atoms with Gasteiger partial charge in [0.1, 0.15) is 0 Å². The lowest BCUT2D eigenvalue weighted by atomic mass is 10.1. The van der Waals surface area contributed by atoms with E-state index < -0.39 is 0 Å². The average molecular weight is 299 g/mol. The maximum absolute atomic E-state index is 2.18. The summed E-state index contributed by atoms with van der Waals surface area (Å²) in [5, 5.41) is 0. The van der Waals surface area contributed by atoms with Crippen LogP contribution in [0.5, 0.6) is 0 Å². The molecule has 23 heavy (non-hydrogen) atoms. The summed E-state index contributed by atoms with van der Waals surface area (Å²) in [7, 11) is 0. The van der Waals surface area contributed by atoms with Gasteiger partial charge in [0.15, 0.2) is 0 Å². The fourth-order valence-electron chi connectivity index (χ4n) is 2.62. The summed E-state index contributed by atoms with van der Waals surface area (Å²) in [5.74, 6) is 0. The van der Waals surface area contributed by atoms with Crippen molar-refractivity contribution in [2.24, 2.45) is 0 Å². The summed E-state index contributed by atoms with van der Waals surface area (Å²) >= 11 is 0. The number of aryl methyl sites for hydroxylation is 1. The maximum Gasteiger partial charge on any atom is 0.0450 e. The lowest BCUT2D eigenvalue weighted by Crippen LogP contribution is -1.89. The highest BCUT2D eigenvalue weighted by Crippen LogP contribution is 2.22. The summed E-state index contributed by atoms with van der Waals surface area (Å²) in [4.78, 5) is 0. The minimum Gasteiger partial charge on any atom is -0.323 e. The van der Waals surface area contributed by atoms with Crippen LogP contribution in [-0.4, -0.2) is 4.57 Å². The molecule has 0 N–H and O–H groups in total. The van der Waals surface area contributed by atoms with Gasteiger partial charge in [0.2, 0.25) is 0 Å². The number of nitrogens with zero attached hydrogens (tertiary/aromatic N) is 1. The molecule has 0 atom stereocenters. The molecule has 0 aliphatic rings. The molecule has 0 radical (unpaired) electrons. The molecule has 0 amide bonds. The van der Waals surface area contributed by atoms with Crippen LogP contribution in [0.15, 0.2) is 85.2 Å². The van der Waals surface area contributed by atoms with Crippen LogP contribution < -0.4 is 0 Å². The maximum atomic E-state index is 2.18. The Labute approximate surface area is 138 Å². The molecule has 0 aliphatic carbocycles. The van der Waals surface area contributed by atoms with Gasteiger partial charge < -0.3 is 4.57 Å². The van der Waals surface area contributed by atoms with Crippen LogP contribution in [0.1, 0.15) is 18.1 Å². The molecular formula is C22H21N. The Hall–Kier alpha value is -2.80. The van der Waals surface area contributed by atoms with Crippen molar-refractivity contribution in [3.05, 3.63) is 96.3 Å². The molecule has 0 fully saturated rings. The van der Waals surface area contributed by atoms with Crippen molar-refractivity contribution in [2.45, 2.75) is 13.8 Å². The Balaban J connectivity index is 1.87. The Morgan fingerprint density at radius 2 is 1.48 bits per heavy atom. The largest absolute Gasteiger partial charge is 0.323 e. The first-order chi connectivity index (χ1) is 11.3. The van der Waals surface area contributed by atoms with Crippen molar-refractivity contribution in [3.63, 3.8) is 0 Å². The minimum atomic E-state index is 1.18. The van der Waals surface area contributed by atoms with Crippen LogP contribution >= 0.6 is 0 Å². The van der Waals surface area contributed by atoms with Gasteiger partial charge in [-0.1, -0.05) is 66.8 Å². The van der Waals surface area contributed by atoms with Gasteiger partial charge in [-0.05, 0) is 48.2 Å². The number of hydrogen-bond donors (Lipinski definition) is 0. The zero-order chi connectivity index (χ0) is 16.1. The molecule has 0 aliphatic heterocycles. The molecule has 0 saturated carbocycles.